The summed E-state index contributed by atoms with van der Waals surface area (Å²) in [6.45, 7) is 5.62. The lowest BCUT2D eigenvalue weighted by molar-refractivity contribution is 0.0342. The molecular formula is C17H26BrNO2. The van der Waals surface area contributed by atoms with E-state index < -0.39 is 0 Å². The molecule has 118 valence electrons. The zero-order chi connectivity index (χ0) is 14.8. The van der Waals surface area contributed by atoms with E-state index in [0.29, 0.717) is 0 Å². The minimum absolute atomic E-state index is 0.825. The lowest BCUT2D eigenvalue weighted by Gasteiger charge is -2.26. The fraction of sp³-hybridized carbons (Fsp3) is 0.647. The van der Waals surface area contributed by atoms with Crippen molar-refractivity contribution in [2.45, 2.75) is 32.2 Å². The summed E-state index contributed by atoms with van der Waals surface area (Å²) in [4.78, 5) is 2.43. The van der Waals surface area contributed by atoms with Crippen LogP contribution in [-0.4, -0.2) is 43.1 Å². The van der Waals surface area contributed by atoms with Gasteiger partial charge in [-0.2, -0.15) is 0 Å². The first-order chi connectivity index (χ1) is 10.4. The van der Waals surface area contributed by atoms with Crippen molar-refractivity contribution < 1.29 is 9.47 Å². The molecule has 0 aliphatic carbocycles. The molecule has 0 aromatic heterocycles. The predicted octanol–water partition coefficient (Wildman–Crippen LogP) is 3.85. The molecule has 3 nitrogen and oxygen atoms in total. The van der Waals surface area contributed by atoms with Crippen LogP contribution in [0.25, 0.3) is 0 Å². The van der Waals surface area contributed by atoms with Crippen molar-refractivity contribution in [3.8, 4) is 5.75 Å². The summed E-state index contributed by atoms with van der Waals surface area (Å²) in [7, 11) is 0. The summed E-state index contributed by atoms with van der Waals surface area (Å²) in [5, 5.41) is 1.11. The highest BCUT2D eigenvalue weighted by Gasteiger charge is 2.10. The Morgan fingerprint density at radius 2 is 1.71 bits per heavy atom. The smallest absolute Gasteiger partial charge is 0.119 e. The second-order valence-corrected chi connectivity index (χ2v) is 6.28. The SMILES string of the molecule is BrCCCCCCOc1ccc(CN2CCOCC2)cc1. The van der Waals surface area contributed by atoms with Gasteiger partial charge in [0.15, 0.2) is 0 Å². The zero-order valence-electron chi connectivity index (χ0n) is 12.7. The van der Waals surface area contributed by atoms with E-state index in [1.807, 2.05) is 0 Å². The average Bonchev–Trinajstić information content (AvgIpc) is 2.53. The highest BCUT2D eigenvalue weighted by Crippen LogP contribution is 2.15. The summed E-state index contributed by atoms with van der Waals surface area (Å²) in [5.74, 6) is 0.987. The van der Waals surface area contributed by atoms with Gasteiger partial charge in [-0.05, 0) is 30.5 Å². The number of unbranched alkanes of at least 4 members (excludes halogenated alkanes) is 3. The summed E-state index contributed by atoms with van der Waals surface area (Å²) in [6.07, 6.45) is 4.94. The number of morpholine rings is 1. The molecule has 1 saturated heterocycles. The molecule has 1 aromatic rings. The van der Waals surface area contributed by atoms with Crippen LogP contribution in [0.5, 0.6) is 5.75 Å². The molecule has 1 aliphatic heterocycles. The van der Waals surface area contributed by atoms with Crippen LogP contribution in [0.4, 0.5) is 0 Å². The number of ether oxygens (including phenoxy) is 2. The van der Waals surface area contributed by atoms with E-state index in [-0.39, 0.29) is 0 Å². The van der Waals surface area contributed by atoms with Crippen LogP contribution < -0.4 is 4.74 Å². The van der Waals surface area contributed by atoms with Gasteiger partial charge in [0, 0.05) is 25.0 Å². The Morgan fingerprint density at radius 3 is 2.43 bits per heavy atom. The second-order valence-electron chi connectivity index (χ2n) is 5.48. The molecule has 1 fully saturated rings. The third kappa shape index (κ3) is 6.81. The van der Waals surface area contributed by atoms with Crippen molar-refractivity contribution in [3.05, 3.63) is 29.8 Å². The molecule has 0 N–H and O–H groups in total. The van der Waals surface area contributed by atoms with Gasteiger partial charge in [-0.15, -0.1) is 0 Å². The van der Waals surface area contributed by atoms with Gasteiger partial charge < -0.3 is 9.47 Å². The van der Waals surface area contributed by atoms with E-state index in [9.17, 15) is 0 Å². The van der Waals surface area contributed by atoms with Gasteiger partial charge in [0.25, 0.3) is 0 Å². The number of hydrogen-bond donors (Lipinski definition) is 0. The van der Waals surface area contributed by atoms with Crippen molar-refractivity contribution in [2.24, 2.45) is 0 Å². The Morgan fingerprint density at radius 1 is 1.00 bits per heavy atom. The third-order valence-corrected chi connectivity index (χ3v) is 4.29. The minimum atomic E-state index is 0.825. The van der Waals surface area contributed by atoms with Gasteiger partial charge in [0.05, 0.1) is 19.8 Å². The Balaban J connectivity index is 1.64. The number of benzene rings is 1. The summed E-state index contributed by atoms with van der Waals surface area (Å²) in [6, 6.07) is 8.54. The summed E-state index contributed by atoms with van der Waals surface area (Å²) < 4.78 is 11.2. The molecular weight excluding hydrogens is 330 g/mol. The lowest BCUT2D eigenvalue weighted by Crippen LogP contribution is -2.35. The van der Waals surface area contributed by atoms with Gasteiger partial charge in [0.2, 0.25) is 0 Å². The van der Waals surface area contributed by atoms with E-state index in [0.717, 1.165) is 57.0 Å². The first-order valence-electron chi connectivity index (χ1n) is 7.96. The highest BCUT2D eigenvalue weighted by atomic mass is 79.9. The Labute approximate surface area is 136 Å². The molecule has 0 spiro atoms. The first-order valence-corrected chi connectivity index (χ1v) is 9.08. The molecule has 0 amide bonds. The van der Waals surface area contributed by atoms with Gasteiger partial charge >= 0.3 is 0 Å². The van der Waals surface area contributed by atoms with E-state index in [4.69, 9.17) is 9.47 Å². The van der Waals surface area contributed by atoms with Gasteiger partial charge in [0.1, 0.15) is 5.75 Å². The van der Waals surface area contributed by atoms with Crippen molar-refractivity contribution in [2.75, 3.05) is 38.2 Å². The lowest BCUT2D eigenvalue weighted by atomic mass is 10.2. The Bertz CT molecular complexity index is 377. The van der Waals surface area contributed by atoms with E-state index >= 15 is 0 Å². The Kier molecular flexibility index (Phi) is 8.15. The summed E-state index contributed by atoms with van der Waals surface area (Å²) >= 11 is 3.46. The molecule has 0 unspecified atom stereocenters. The number of nitrogens with zero attached hydrogens (tertiary/aromatic N) is 1. The number of alkyl halides is 1. The zero-order valence-corrected chi connectivity index (χ0v) is 14.3. The molecule has 4 heteroatoms. The fourth-order valence-electron chi connectivity index (χ4n) is 2.45. The van der Waals surface area contributed by atoms with Crippen molar-refractivity contribution >= 4 is 15.9 Å². The number of hydrogen-bond acceptors (Lipinski definition) is 3. The molecule has 0 atom stereocenters. The Hall–Kier alpha value is -0.580. The van der Waals surface area contributed by atoms with Crippen LogP contribution in [0.3, 0.4) is 0 Å². The predicted molar refractivity (Wildman–Crippen MR) is 90.3 cm³/mol. The van der Waals surface area contributed by atoms with E-state index in [1.165, 1.54) is 24.8 Å². The maximum Gasteiger partial charge on any atom is 0.119 e. The van der Waals surface area contributed by atoms with Crippen LogP contribution in [0.1, 0.15) is 31.2 Å². The molecule has 0 radical (unpaired) electrons. The monoisotopic (exact) mass is 355 g/mol. The largest absolute Gasteiger partial charge is 0.494 e. The van der Waals surface area contributed by atoms with Crippen molar-refractivity contribution in [1.29, 1.82) is 0 Å². The van der Waals surface area contributed by atoms with Crippen LogP contribution >= 0.6 is 15.9 Å². The van der Waals surface area contributed by atoms with Gasteiger partial charge in [-0.3, -0.25) is 4.90 Å². The maximum absolute atomic E-state index is 5.79. The fourth-order valence-corrected chi connectivity index (χ4v) is 2.85. The normalized spacial score (nSPS) is 16.0. The molecule has 1 aromatic carbocycles. The van der Waals surface area contributed by atoms with Crippen LogP contribution in [-0.2, 0) is 11.3 Å². The van der Waals surface area contributed by atoms with Gasteiger partial charge in [-0.1, -0.05) is 40.9 Å². The standard InChI is InChI=1S/C17H26BrNO2/c18-9-3-1-2-4-12-21-17-7-5-16(6-8-17)15-19-10-13-20-14-11-19/h5-8H,1-4,9-15H2. The molecule has 1 heterocycles. The minimum Gasteiger partial charge on any atom is -0.494 e. The molecule has 1 aliphatic rings. The third-order valence-electron chi connectivity index (χ3n) is 3.73. The van der Waals surface area contributed by atoms with Gasteiger partial charge in [-0.25, -0.2) is 0 Å². The second kappa shape index (κ2) is 10.2. The number of halogens is 1. The molecule has 2 rings (SSSR count). The first kappa shape index (κ1) is 16.8. The number of rotatable bonds is 9. The van der Waals surface area contributed by atoms with Crippen LogP contribution in [0.2, 0.25) is 0 Å². The van der Waals surface area contributed by atoms with E-state index in [2.05, 4.69) is 45.1 Å². The summed E-state index contributed by atoms with van der Waals surface area (Å²) in [5.41, 5.74) is 1.35. The maximum atomic E-state index is 5.79. The highest BCUT2D eigenvalue weighted by molar-refractivity contribution is 9.09. The average molecular weight is 356 g/mol. The van der Waals surface area contributed by atoms with Crippen LogP contribution in [0.15, 0.2) is 24.3 Å². The van der Waals surface area contributed by atoms with Crippen molar-refractivity contribution in [3.63, 3.8) is 0 Å². The molecule has 21 heavy (non-hydrogen) atoms. The topological polar surface area (TPSA) is 21.7 Å². The quantitative estimate of drug-likeness (QED) is 0.496. The molecule has 0 saturated carbocycles. The van der Waals surface area contributed by atoms with E-state index in [1.54, 1.807) is 0 Å². The molecule has 0 bridgehead atoms. The van der Waals surface area contributed by atoms with Crippen LogP contribution in [0, 0.1) is 0 Å². The van der Waals surface area contributed by atoms with Crippen molar-refractivity contribution in [1.82, 2.24) is 4.90 Å².